The van der Waals surface area contributed by atoms with E-state index in [2.05, 4.69) is 0 Å². The Morgan fingerprint density at radius 2 is 2.29 bits per heavy atom. The van der Waals surface area contributed by atoms with Crippen LogP contribution >= 0.6 is 0 Å². The summed E-state index contributed by atoms with van der Waals surface area (Å²) in [6.45, 7) is -1.23. The van der Waals surface area contributed by atoms with Gasteiger partial charge in [-0.25, -0.2) is 9.18 Å². The van der Waals surface area contributed by atoms with E-state index >= 15 is 0 Å². The smallest absolute Gasteiger partial charge is 0.335 e. The zero-order chi connectivity index (χ0) is 5.86. The summed E-state index contributed by atoms with van der Waals surface area (Å²) < 4.78 is 11.0. The van der Waals surface area contributed by atoms with E-state index in [1.165, 1.54) is 0 Å². The number of carboxylic acid groups (broad SMARTS) is 1. The van der Waals surface area contributed by atoms with Gasteiger partial charge >= 0.3 is 5.97 Å². The third-order valence-corrected chi connectivity index (χ3v) is 0.431. The Bertz CT molecular complexity index is 72.6. The predicted molar refractivity (Wildman–Crippen MR) is 19.6 cm³/mol. The van der Waals surface area contributed by atoms with Crippen molar-refractivity contribution in [3.8, 4) is 0 Å². The van der Waals surface area contributed by atoms with E-state index in [1.54, 1.807) is 0 Å². The van der Waals surface area contributed by atoms with Crippen LogP contribution in [-0.2, 0) is 4.79 Å². The van der Waals surface area contributed by atoms with Gasteiger partial charge in [-0.2, -0.15) is 0 Å². The Hall–Kier alpha value is -0.640. The van der Waals surface area contributed by atoms with Gasteiger partial charge in [-0.05, 0) is 0 Å². The molecule has 0 aliphatic carbocycles. The Balaban J connectivity index is 3.34. The molecule has 4 heteroatoms. The van der Waals surface area contributed by atoms with Crippen LogP contribution in [0.15, 0.2) is 0 Å². The van der Waals surface area contributed by atoms with E-state index in [1.807, 2.05) is 0 Å². The van der Waals surface area contributed by atoms with Gasteiger partial charge in [-0.3, -0.25) is 0 Å². The zero-order valence-corrected chi connectivity index (χ0v) is 3.47. The van der Waals surface area contributed by atoms with Crippen molar-refractivity contribution in [2.45, 2.75) is 6.10 Å². The van der Waals surface area contributed by atoms with Crippen molar-refractivity contribution in [1.29, 1.82) is 0 Å². The number of halogens is 1. The summed E-state index contributed by atoms with van der Waals surface area (Å²) >= 11 is 0. The fourth-order valence-electron chi connectivity index (χ4n) is 0.0660. The number of rotatable bonds is 2. The minimum Gasteiger partial charge on any atom is -0.479 e. The van der Waals surface area contributed by atoms with Gasteiger partial charge in [0, 0.05) is 0 Å². The van der Waals surface area contributed by atoms with Crippen LogP contribution < -0.4 is 0 Å². The molecule has 0 aromatic carbocycles. The van der Waals surface area contributed by atoms with E-state index in [0.717, 1.165) is 0 Å². The van der Waals surface area contributed by atoms with E-state index in [9.17, 15) is 9.18 Å². The van der Waals surface area contributed by atoms with Gasteiger partial charge < -0.3 is 10.2 Å². The fourth-order valence-corrected chi connectivity index (χ4v) is 0.0660. The molecule has 0 saturated heterocycles. The molecular formula is C3H5FO3. The number of alkyl halides is 1. The molecule has 42 valence electrons. The van der Waals surface area contributed by atoms with Crippen LogP contribution in [0.5, 0.6) is 0 Å². The molecule has 0 aromatic rings. The van der Waals surface area contributed by atoms with Crippen LogP contribution in [0.4, 0.5) is 4.39 Å². The van der Waals surface area contributed by atoms with Crippen molar-refractivity contribution in [2.24, 2.45) is 0 Å². The van der Waals surface area contributed by atoms with E-state index in [0.29, 0.717) is 0 Å². The Morgan fingerprint density at radius 1 is 1.86 bits per heavy atom. The largest absolute Gasteiger partial charge is 0.479 e. The molecule has 0 aromatic heterocycles. The van der Waals surface area contributed by atoms with Gasteiger partial charge in [-0.15, -0.1) is 0 Å². The summed E-state index contributed by atoms with van der Waals surface area (Å²) in [7, 11) is 0. The van der Waals surface area contributed by atoms with Crippen molar-refractivity contribution in [3.63, 3.8) is 0 Å². The third-order valence-electron chi connectivity index (χ3n) is 0.431. The lowest BCUT2D eigenvalue weighted by molar-refractivity contribution is -0.147. The van der Waals surface area contributed by atoms with Crippen LogP contribution in [0.25, 0.3) is 0 Å². The Morgan fingerprint density at radius 3 is 2.29 bits per heavy atom. The predicted octanol–water partition coefficient (Wildman–Crippen LogP) is -0.599. The average Bonchev–Trinajstić information content (AvgIpc) is 1.65. The van der Waals surface area contributed by atoms with Crippen LogP contribution in [0, 0.1) is 0 Å². The zero-order valence-electron chi connectivity index (χ0n) is 3.47. The molecule has 0 amide bonds. The van der Waals surface area contributed by atoms with E-state index in [-0.39, 0.29) is 0 Å². The normalized spacial score (nSPS) is 13.4. The molecule has 3 nitrogen and oxygen atoms in total. The first-order valence-corrected chi connectivity index (χ1v) is 1.65. The maximum atomic E-state index is 11.0. The van der Waals surface area contributed by atoms with Crippen LogP contribution in [0.3, 0.4) is 0 Å². The molecular weight excluding hydrogens is 103 g/mol. The van der Waals surface area contributed by atoms with E-state index in [4.69, 9.17) is 10.2 Å². The molecule has 0 unspecified atom stereocenters. The number of aliphatic hydroxyl groups is 1. The Kier molecular flexibility index (Phi) is 2.29. The number of carbonyl (C=O) groups is 1. The molecule has 0 rings (SSSR count). The lowest BCUT2D eigenvalue weighted by Gasteiger charge is -1.93. The highest BCUT2D eigenvalue weighted by Gasteiger charge is 2.10. The topological polar surface area (TPSA) is 57.5 Å². The van der Waals surface area contributed by atoms with Crippen LogP contribution in [0.1, 0.15) is 0 Å². The molecule has 0 bridgehead atoms. The minimum absolute atomic E-state index is 1.23. The van der Waals surface area contributed by atoms with E-state index < -0.39 is 18.7 Å². The number of hydrogen-bond acceptors (Lipinski definition) is 2. The van der Waals surface area contributed by atoms with Crippen molar-refractivity contribution in [2.75, 3.05) is 6.67 Å². The fraction of sp³-hybridized carbons (Fsp3) is 0.667. The highest BCUT2D eigenvalue weighted by Crippen LogP contribution is 1.80. The first-order valence-electron chi connectivity index (χ1n) is 1.65. The van der Waals surface area contributed by atoms with Crippen molar-refractivity contribution < 1.29 is 19.4 Å². The maximum Gasteiger partial charge on any atom is 0.335 e. The first-order chi connectivity index (χ1) is 3.18. The molecule has 2 N–H and O–H groups in total. The summed E-state index contributed by atoms with van der Waals surface area (Å²) in [5, 5.41) is 15.7. The number of hydrogen-bond donors (Lipinski definition) is 2. The van der Waals surface area contributed by atoms with Gasteiger partial charge in [0.25, 0.3) is 0 Å². The highest BCUT2D eigenvalue weighted by atomic mass is 19.1. The van der Waals surface area contributed by atoms with Crippen molar-refractivity contribution >= 4 is 5.97 Å². The van der Waals surface area contributed by atoms with Gasteiger partial charge in [0.1, 0.15) is 6.67 Å². The molecule has 0 aliphatic rings. The molecule has 1 atom stereocenters. The second-order valence-corrected chi connectivity index (χ2v) is 1.01. The SMILES string of the molecule is O=C(O)[C@H](O)CF. The van der Waals surface area contributed by atoms with Crippen LogP contribution in [-0.4, -0.2) is 29.0 Å². The van der Waals surface area contributed by atoms with Crippen molar-refractivity contribution in [3.05, 3.63) is 0 Å². The molecule has 0 radical (unpaired) electrons. The average molecular weight is 108 g/mol. The van der Waals surface area contributed by atoms with Crippen LogP contribution in [0.2, 0.25) is 0 Å². The first kappa shape index (κ1) is 6.36. The number of aliphatic hydroxyl groups excluding tert-OH is 1. The minimum atomic E-state index is -1.85. The molecule has 7 heavy (non-hydrogen) atoms. The summed E-state index contributed by atoms with van der Waals surface area (Å²) in [6.07, 6.45) is -1.85. The molecule has 0 saturated carbocycles. The summed E-state index contributed by atoms with van der Waals surface area (Å²) in [5.74, 6) is -1.53. The number of carboxylic acids is 1. The second-order valence-electron chi connectivity index (χ2n) is 1.01. The molecule has 0 fully saturated rings. The second kappa shape index (κ2) is 2.52. The standard InChI is InChI=1S/C3H5FO3/c4-1-2(5)3(6)7/h2,5H,1H2,(H,6,7)/t2-/m1/s1. The summed E-state index contributed by atoms with van der Waals surface area (Å²) in [6, 6.07) is 0. The highest BCUT2D eigenvalue weighted by molar-refractivity contribution is 5.71. The van der Waals surface area contributed by atoms with Gasteiger partial charge in [-0.1, -0.05) is 0 Å². The molecule has 0 aliphatic heterocycles. The lowest BCUT2D eigenvalue weighted by atomic mass is 10.4. The number of aliphatic carboxylic acids is 1. The Labute approximate surface area is 39.4 Å². The quantitative estimate of drug-likeness (QED) is 0.496. The van der Waals surface area contributed by atoms with Gasteiger partial charge in [0.2, 0.25) is 0 Å². The summed E-state index contributed by atoms with van der Waals surface area (Å²) in [5.41, 5.74) is 0. The lowest BCUT2D eigenvalue weighted by Crippen LogP contribution is -2.20. The van der Waals surface area contributed by atoms with Crippen molar-refractivity contribution in [1.82, 2.24) is 0 Å². The molecule has 0 heterocycles. The molecule has 0 spiro atoms. The monoisotopic (exact) mass is 108 g/mol. The maximum absolute atomic E-state index is 11.0. The van der Waals surface area contributed by atoms with Gasteiger partial charge in [0.05, 0.1) is 0 Å². The summed E-state index contributed by atoms with van der Waals surface area (Å²) in [4.78, 5) is 9.44. The third kappa shape index (κ3) is 2.11. The van der Waals surface area contributed by atoms with Gasteiger partial charge in [0.15, 0.2) is 6.10 Å².